The minimum atomic E-state index is -0.721. The van der Waals surface area contributed by atoms with Gasteiger partial charge in [-0.1, -0.05) is 0 Å². The predicted molar refractivity (Wildman–Crippen MR) is 52.9 cm³/mol. The minimum absolute atomic E-state index is 0.228. The summed E-state index contributed by atoms with van der Waals surface area (Å²) < 4.78 is 16.0. The third-order valence-electron chi connectivity index (χ3n) is 1.63. The van der Waals surface area contributed by atoms with Crippen molar-refractivity contribution in [2.24, 2.45) is 0 Å². The van der Waals surface area contributed by atoms with Crippen LogP contribution in [0.15, 0.2) is 0 Å². The first kappa shape index (κ1) is 12.1. The van der Waals surface area contributed by atoms with Crippen molar-refractivity contribution >= 4 is 10.8 Å². The lowest BCUT2D eigenvalue weighted by molar-refractivity contribution is 0.149. The smallest absolute Gasteiger partial charge is 0.0590 e. The number of nitrogens with one attached hydrogen (secondary N) is 1. The highest BCUT2D eigenvalue weighted by molar-refractivity contribution is 7.84. The van der Waals surface area contributed by atoms with Crippen molar-refractivity contribution in [2.75, 3.05) is 32.6 Å². The van der Waals surface area contributed by atoms with Crippen LogP contribution in [0.4, 0.5) is 0 Å². The van der Waals surface area contributed by atoms with Crippen molar-refractivity contribution in [1.82, 2.24) is 5.32 Å². The molecule has 74 valence electrons. The van der Waals surface area contributed by atoms with Gasteiger partial charge in [-0.2, -0.15) is 0 Å². The van der Waals surface area contributed by atoms with Gasteiger partial charge in [0.15, 0.2) is 0 Å². The van der Waals surface area contributed by atoms with E-state index in [1.165, 1.54) is 0 Å². The standard InChI is InChI=1S/C8H19NO2S/c1-4-11-6-5-9-7-8(2)12(3)10/h8-9H,4-7H2,1-3H3. The van der Waals surface area contributed by atoms with Crippen molar-refractivity contribution in [2.45, 2.75) is 19.1 Å². The monoisotopic (exact) mass is 193 g/mol. The third kappa shape index (κ3) is 6.76. The fourth-order valence-electron chi connectivity index (χ4n) is 0.711. The van der Waals surface area contributed by atoms with Crippen molar-refractivity contribution in [3.05, 3.63) is 0 Å². The van der Waals surface area contributed by atoms with E-state index < -0.39 is 10.8 Å². The molecule has 0 heterocycles. The number of hydrogen-bond acceptors (Lipinski definition) is 3. The molecule has 0 aromatic heterocycles. The minimum Gasteiger partial charge on any atom is -0.380 e. The van der Waals surface area contributed by atoms with Crippen LogP contribution in [0.3, 0.4) is 0 Å². The van der Waals surface area contributed by atoms with Crippen LogP contribution >= 0.6 is 0 Å². The summed E-state index contributed by atoms with van der Waals surface area (Å²) in [5.74, 6) is 0. The van der Waals surface area contributed by atoms with Crippen molar-refractivity contribution < 1.29 is 8.95 Å². The van der Waals surface area contributed by atoms with E-state index in [2.05, 4.69) is 5.32 Å². The molecule has 1 N–H and O–H groups in total. The molecule has 0 fully saturated rings. The van der Waals surface area contributed by atoms with Gasteiger partial charge in [0.05, 0.1) is 6.61 Å². The van der Waals surface area contributed by atoms with Gasteiger partial charge in [0.25, 0.3) is 0 Å². The third-order valence-corrected chi connectivity index (χ3v) is 2.93. The molecule has 0 saturated carbocycles. The van der Waals surface area contributed by atoms with Gasteiger partial charge in [-0.15, -0.1) is 0 Å². The number of rotatable bonds is 7. The highest BCUT2D eigenvalue weighted by Gasteiger charge is 2.03. The van der Waals surface area contributed by atoms with Gasteiger partial charge in [-0.3, -0.25) is 4.21 Å². The van der Waals surface area contributed by atoms with Crippen LogP contribution in [-0.4, -0.2) is 42.0 Å². The van der Waals surface area contributed by atoms with E-state index in [0.29, 0.717) is 0 Å². The van der Waals surface area contributed by atoms with Gasteiger partial charge in [0, 0.05) is 42.0 Å². The van der Waals surface area contributed by atoms with Crippen LogP contribution in [0.1, 0.15) is 13.8 Å². The summed E-state index contributed by atoms with van der Waals surface area (Å²) in [5.41, 5.74) is 0. The molecule has 0 rings (SSSR count). The maximum atomic E-state index is 10.9. The lowest BCUT2D eigenvalue weighted by atomic mass is 10.4. The molecule has 2 unspecified atom stereocenters. The first-order valence-corrected chi connectivity index (χ1v) is 5.91. The van der Waals surface area contributed by atoms with E-state index in [9.17, 15) is 4.21 Å². The summed E-state index contributed by atoms with van der Waals surface area (Å²) in [5, 5.41) is 3.41. The molecule has 3 nitrogen and oxygen atoms in total. The van der Waals surface area contributed by atoms with E-state index in [1.807, 2.05) is 13.8 Å². The first-order valence-electron chi connectivity index (χ1n) is 4.29. The molecule has 12 heavy (non-hydrogen) atoms. The lowest BCUT2D eigenvalue weighted by Crippen LogP contribution is -2.30. The lowest BCUT2D eigenvalue weighted by Gasteiger charge is -2.09. The summed E-state index contributed by atoms with van der Waals surface area (Å²) in [6.07, 6.45) is 1.73. The molecule has 0 bridgehead atoms. The molecule has 0 saturated heterocycles. The van der Waals surface area contributed by atoms with Gasteiger partial charge < -0.3 is 10.1 Å². The second kappa shape index (κ2) is 7.71. The fraction of sp³-hybridized carbons (Fsp3) is 1.00. The zero-order valence-electron chi connectivity index (χ0n) is 8.13. The second-order valence-corrected chi connectivity index (χ2v) is 4.51. The molecule has 0 aromatic rings. The molecule has 0 spiro atoms. The summed E-state index contributed by atoms with van der Waals surface area (Å²) in [6.45, 7) is 7.09. The maximum absolute atomic E-state index is 10.9. The Bertz CT molecular complexity index is 130. The Balaban J connectivity index is 3.14. The average Bonchev–Trinajstić information content (AvgIpc) is 2.03. The predicted octanol–water partition coefficient (Wildman–Crippen LogP) is 0.379. The summed E-state index contributed by atoms with van der Waals surface area (Å²) in [4.78, 5) is 0. The Labute approximate surface area is 77.3 Å². The average molecular weight is 193 g/mol. The van der Waals surface area contributed by atoms with Crippen molar-refractivity contribution in [3.63, 3.8) is 0 Å². The van der Waals surface area contributed by atoms with Gasteiger partial charge in [0.1, 0.15) is 0 Å². The molecule has 0 aliphatic rings. The highest BCUT2D eigenvalue weighted by Crippen LogP contribution is 1.88. The Morgan fingerprint density at radius 1 is 1.58 bits per heavy atom. The Hall–Kier alpha value is 0.0700. The largest absolute Gasteiger partial charge is 0.380 e. The van der Waals surface area contributed by atoms with E-state index in [1.54, 1.807) is 6.26 Å². The molecule has 2 atom stereocenters. The van der Waals surface area contributed by atoms with Crippen LogP contribution < -0.4 is 5.32 Å². The summed E-state index contributed by atoms with van der Waals surface area (Å²) >= 11 is 0. The van der Waals surface area contributed by atoms with Gasteiger partial charge >= 0.3 is 0 Å². The van der Waals surface area contributed by atoms with Crippen LogP contribution in [0.25, 0.3) is 0 Å². The number of ether oxygens (including phenoxy) is 1. The van der Waals surface area contributed by atoms with Gasteiger partial charge in [0.2, 0.25) is 0 Å². The van der Waals surface area contributed by atoms with Gasteiger partial charge in [-0.25, -0.2) is 0 Å². The van der Waals surface area contributed by atoms with Crippen molar-refractivity contribution in [1.29, 1.82) is 0 Å². The normalized spacial score (nSPS) is 15.9. The summed E-state index contributed by atoms with van der Waals surface area (Å²) in [7, 11) is -0.721. The second-order valence-electron chi connectivity index (χ2n) is 2.71. The van der Waals surface area contributed by atoms with E-state index in [0.717, 1.165) is 26.3 Å². The Kier molecular flexibility index (Phi) is 7.75. The van der Waals surface area contributed by atoms with Crippen LogP contribution in [0, 0.1) is 0 Å². The van der Waals surface area contributed by atoms with Crippen LogP contribution in [0.2, 0.25) is 0 Å². The SMILES string of the molecule is CCOCCNCC(C)S(C)=O. The number of hydrogen-bond donors (Lipinski definition) is 1. The molecule has 0 aliphatic carbocycles. The highest BCUT2D eigenvalue weighted by atomic mass is 32.2. The molecular weight excluding hydrogens is 174 g/mol. The van der Waals surface area contributed by atoms with Crippen molar-refractivity contribution in [3.8, 4) is 0 Å². The van der Waals surface area contributed by atoms with Crippen LogP contribution in [-0.2, 0) is 15.5 Å². The maximum Gasteiger partial charge on any atom is 0.0590 e. The molecule has 0 radical (unpaired) electrons. The molecule has 0 aliphatic heterocycles. The molecule has 4 heteroatoms. The molecule has 0 aromatic carbocycles. The van der Waals surface area contributed by atoms with E-state index in [4.69, 9.17) is 4.74 Å². The van der Waals surface area contributed by atoms with E-state index >= 15 is 0 Å². The molecular formula is C8H19NO2S. The summed E-state index contributed by atoms with van der Waals surface area (Å²) in [6, 6.07) is 0. The van der Waals surface area contributed by atoms with E-state index in [-0.39, 0.29) is 5.25 Å². The first-order chi connectivity index (χ1) is 5.68. The van der Waals surface area contributed by atoms with Crippen LogP contribution in [0.5, 0.6) is 0 Å². The molecule has 0 amide bonds. The topological polar surface area (TPSA) is 38.3 Å². The Morgan fingerprint density at radius 2 is 2.25 bits per heavy atom. The quantitative estimate of drug-likeness (QED) is 0.594. The fourth-order valence-corrected chi connectivity index (χ4v) is 1.06. The van der Waals surface area contributed by atoms with Gasteiger partial charge in [-0.05, 0) is 13.8 Å². The Morgan fingerprint density at radius 3 is 2.75 bits per heavy atom. The zero-order chi connectivity index (χ0) is 9.40. The zero-order valence-corrected chi connectivity index (χ0v) is 8.95.